The van der Waals surface area contributed by atoms with Crippen molar-refractivity contribution in [3.63, 3.8) is 0 Å². The van der Waals surface area contributed by atoms with Crippen molar-refractivity contribution in [2.24, 2.45) is 5.41 Å². The van der Waals surface area contributed by atoms with E-state index in [1.54, 1.807) is 13.8 Å². The summed E-state index contributed by atoms with van der Waals surface area (Å²) < 4.78 is 41.5. The summed E-state index contributed by atoms with van der Waals surface area (Å²) in [7, 11) is -2.59. The van der Waals surface area contributed by atoms with Crippen molar-refractivity contribution >= 4 is 16.3 Å². The van der Waals surface area contributed by atoms with Crippen LogP contribution in [0.15, 0.2) is 0 Å². The van der Waals surface area contributed by atoms with Crippen LogP contribution in [0.5, 0.6) is 0 Å². The highest BCUT2D eigenvalue weighted by Crippen LogP contribution is 2.40. The number of esters is 1. The van der Waals surface area contributed by atoms with Gasteiger partial charge in [-0.05, 0) is 33.1 Å². The van der Waals surface area contributed by atoms with E-state index in [-0.39, 0.29) is 18.2 Å². The van der Waals surface area contributed by atoms with E-state index in [2.05, 4.69) is 4.72 Å². The number of hydrogen-bond donors (Lipinski definition) is 1. The van der Waals surface area contributed by atoms with Gasteiger partial charge in [-0.1, -0.05) is 6.92 Å². The molecule has 0 spiro atoms. The maximum absolute atomic E-state index is 12.2. The second-order valence-corrected chi connectivity index (χ2v) is 7.63. The first-order valence-corrected chi connectivity index (χ1v) is 8.59. The van der Waals surface area contributed by atoms with Gasteiger partial charge in [-0.3, -0.25) is 4.79 Å². The molecule has 1 N–H and O–H groups in total. The van der Waals surface area contributed by atoms with E-state index in [1.165, 1.54) is 7.05 Å². The fourth-order valence-electron chi connectivity index (χ4n) is 2.48. The fourth-order valence-corrected chi connectivity index (χ4v) is 3.10. The van der Waals surface area contributed by atoms with Crippen LogP contribution in [0.25, 0.3) is 0 Å². The van der Waals surface area contributed by atoms with Gasteiger partial charge >= 0.3 is 16.3 Å². The normalized spacial score (nSPS) is 32.4. The van der Waals surface area contributed by atoms with E-state index in [1.807, 2.05) is 6.92 Å². The third kappa shape index (κ3) is 3.39. The van der Waals surface area contributed by atoms with Gasteiger partial charge in [-0.15, -0.1) is 0 Å². The van der Waals surface area contributed by atoms with E-state index in [0.29, 0.717) is 12.8 Å². The summed E-state index contributed by atoms with van der Waals surface area (Å²) in [5, 5.41) is 0. The van der Waals surface area contributed by atoms with Gasteiger partial charge in [0, 0.05) is 7.05 Å². The number of fused-ring (bicyclic) bond motifs is 2. The summed E-state index contributed by atoms with van der Waals surface area (Å²) in [5.41, 5.74) is -0.617. The first-order valence-electron chi connectivity index (χ1n) is 7.18. The molecular weight excluding hydrogens is 298 g/mol. The molecule has 2 aliphatic rings. The Kier molecular flexibility index (Phi) is 4.63. The summed E-state index contributed by atoms with van der Waals surface area (Å²) in [6.07, 6.45) is -0.00486. The maximum Gasteiger partial charge on any atom is 0.336 e. The van der Waals surface area contributed by atoms with Gasteiger partial charge < -0.3 is 9.47 Å². The SMILES string of the molecule is CCC(C)(C)C(=O)OC1C2CCC(O2)C1OS(=O)(=O)NC. The van der Waals surface area contributed by atoms with Crippen molar-refractivity contribution in [1.29, 1.82) is 0 Å². The average Bonchev–Trinajstić information content (AvgIpc) is 3.01. The van der Waals surface area contributed by atoms with Gasteiger partial charge in [0.05, 0.1) is 17.6 Å². The largest absolute Gasteiger partial charge is 0.456 e. The van der Waals surface area contributed by atoms with E-state index in [0.717, 1.165) is 6.42 Å². The monoisotopic (exact) mass is 321 g/mol. The van der Waals surface area contributed by atoms with Crippen molar-refractivity contribution < 1.29 is 26.9 Å². The molecule has 2 fully saturated rings. The van der Waals surface area contributed by atoms with Crippen LogP contribution in [0.4, 0.5) is 0 Å². The molecule has 2 heterocycles. The Labute approximate surface area is 125 Å². The van der Waals surface area contributed by atoms with Gasteiger partial charge in [-0.25, -0.2) is 4.18 Å². The predicted octanol–water partition coefficient (Wildman–Crippen LogP) is 0.745. The average molecular weight is 321 g/mol. The summed E-state index contributed by atoms with van der Waals surface area (Å²) in [6.45, 7) is 5.49. The topological polar surface area (TPSA) is 90.9 Å². The molecule has 7 nitrogen and oxygen atoms in total. The smallest absolute Gasteiger partial charge is 0.336 e. The van der Waals surface area contributed by atoms with E-state index in [9.17, 15) is 13.2 Å². The molecule has 2 saturated heterocycles. The lowest BCUT2D eigenvalue weighted by Gasteiger charge is -2.30. The Morgan fingerprint density at radius 2 is 1.86 bits per heavy atom. The Balaban J connectivity index is 2.11. The zero-order valence-corrected chi connectivity index (χ0v) is 13.6. The molecule has 0 aromatic rings. The second-order valence-electron chi connectivity index (χ2n) is 6.12. The quantitative estimate of drug-likeness (QED) is 0.726. The number of ether oxygens (including phenoxy) is 2. The number of nitrogens with one attached hydrogen (secondary N) is 1. The van der Waals surface area contributed by atoms with Gasteiger partial charge in [0.2, 0.25) is 0 Å². The zero-order chi connectivity index (χ0) is 15.8. The lowest BCUT2D eigenvalue weighted by molar-refractivity contribution is -0.166. The second kappa shape index (κ2) is 5.83. The molecule has 4 unspecified atom stereocenters. The van der Waals surface area contributed by atoms with Crippen LogP contribution in [0.3, 0.4) is 0 Å². The molecule has 0 amide bonds. The molecule has 8 heteroatoms. The minimum atomic E-state index is -3.86. The predicted molar refractivity (Wildman–Crippen MR) is 74.7 cm³/mol. The molecule has 0 saturated carbocycles. The van der Waals surface area contributed by atoms with Crippen LogP contribution in [0, 0.1) is 5.41 Å². The number of hydrogen-bond acceptors (Lipinski definition) is 6. The molecule has 122 valence electrons. The molecule has 2 aliphatic heterocycles. The Bertz CT molecular complexity index is 503. The van der Waals surface area contributed by atoms with Crippen LogP contribution in [0.1, 0.15) is 40.0 Å². The Hall–Kier alpha value is -0.700. The molecule has 4 atom stereocenters. The number of rotatable bonds is 6. The van der Waals surface area contributed by atoms with Crippen molar-refractivity contribution in [2.45, 2.75) is 64.4 Å². The van der Waals surface area contributed by atoms with Gasteiger partial charge in [0.15, 0.2) is 6.10 Å². The molecule has 2 bridgehead atoms. The van der Waals surface area contributed by atoms with Crippen molar-refractivity contribution in [3.8, 4) is 0 Å². The fraction of sp³-hybridized carbons (Fsp3) is 0.923. The van der Waals surface area contributed by atoms with Crippen molar-refractivity contribution in [2.75, 3.05) is 7.05 Å². The zero-order valence-electron chi connectivity index (χ0n) is 12.8. The lowest BCUT2D eigenvalue weighted by atomic mass is 9.89. The van der Waals surface area contributed by atoms with Crippen LogP contribution >= 0.6 is 0 Å². The number of carbonyl (C=O) groups is 1. The highest BCUT2D eigenvalue weighted by Gasteiger charge is 2.54. The Morgan fingerprint density at radius 1 is 1.29 bits per heavy atom. The van der Waals surface area contributed by atoms with Gasteiger partial charge in [0.1, 0.15) is 6.10 Å². The van der Waals surface area contributed by atoms with Crippen molar-refractivity contribution in [3.05, 3.63) is 0 Å². The van der Waals surface area contributed by atoms with Crippen LogP contribution in [-0.4, -0.2) is 45.9 Å². The molecule has 0 aromatic carbocycles. The lowest BCUT2D eigenvalue weighted by Crippen LogP contribution is -2.46. The first-order chi connectivity index (χ1) is 9.70. The third-order valence-electron chi connectivity index (χ3n) is 4.31. The third-order valence-corrected chi connectivity index (χ3v) is 5.28. The first kappa shape index (κ1) is 16.7. The van der Waals surface area contributed by atoms with Gasteiger partial charge in [-0.2, -0.15) is 13.1 Å². The van der Waals surface area contributed by atoms with Crippen LogP contribution < -0.4 is 4.72 Å². The highest BCUT2D eigenvalue weighted by atomic mass is 32.2. The van der Waals surface area contributed by atoms with Crippen LogP contribution in [-0.2, 0) is 28.8 Å². The standard InChI is InChI=1S/C13H23NO6S/c1-5-13(2,3)12(15)19-10-8-6-7-9(18-8)11(10)20-21(16,17)14-4/h8-11,14H,5-7H2,1-4H3. The van der Waals surface area contributed by atoms with E-state index in [4.69, 9.17) is 13.7 Å². The summed E-state index contributed by atoms with van der Waals surface area (Å²) in [6, 6.07) is 0. The summed E-state index contributed by atoms with van der Waals surface area (Å²) in [5.74, 6) is -0.360. The van der Waals surface area contributed by atoms with Crippen LogP contribution in [0.2, 0.25) is 0 Å². The number of carbonyl (C=O) groups excluding carboxylic acids is 1. The Morgan fingerprint density at radius 3 is 2.38 bits per heavy atom. The maximum atomic E-state index is 12.2. The van der Waals surface area contributed by atoms with Gasteiger partial charge in [0.25, 0.3) is 0 Å². The summed E-state index contributed by atoms with van der Waals surface area (Å²) in [4.78, 5) is 12.2. The minimum Gasteiger partial charge on any atom is -0.456 e. The van der Waals surface area contributed by atoms with Crippen molar-refractivity contribution in [1.82, 2.24) is 4.72 Å². The van der Waals surface area contributed by atoms with E-state index < -0.39 is 27.9 Å². The summed E-state index contributed by atoms with van der Waals surface area (Å²) >= 11 is 0. The molecule has 0 radical (unpaired) electrons. The molecule has 21 heavy (non-hydrogen) atoms. The van der Waals surface area contributed by atoms with E-state index >= 15 is 0 Å². The molecular formula is C13H23NO6S. The minimum absolute atomic E-state index is 0.288. The highest BCUT2D eigenvalue weighted by molar-refractivity contribution is 7.84. The molecule has 2 rings (SSSR count). The molecule has 0 aliphatic carbocycles. The molecule has 0 aromatic heterocycles.